The van der Waals surface area contributed by atoms with Crippen molar-refractivity contribution in [1.82, 2.24) is 15.1 Å². The average Bonchev–Trinajstić information content (AvgIpc) is 2.84. The van der Waals surface area contributed by atoms with Gasteiger partial charge in [0.25, 0.3) is 10.0 Å². The van der Waals surface area contributed by atoms with Crippen LogP contribution in [0.25, 0.3) is 0 Å². The van der Waals surface area contributed by atoms with Crippen LogP contribution in [0.15, 0.2) is 33.6 Å². The standard InChI is InChI=1S/C16H24N4O3S.ClH/c1-17-10-12-19(2)15(21)9-6-11-20(3)16-13-7-4-5-8-14(13)24(22,23)18-16;/h4-5,7-8,17H,6,9-12H2,1-3H3;1H. The van der Waals surface area contributed by atoms with Gasteiger partial charge >= 0.3 is 0 Å². The quantitative estimate of drug-likeness (QED) is 0.752. The van der Waals surface area contributed by atoms with Crippen molar-refractivity contribution in [1.29, 1.82) is 0 Å². The van der Waals surface area contributed by atoms with Crippen LogP contribution in [0.4, 0.5) is 0 Å². The minimum Gasteiger partial charge on any atom is -0.358 e. The SMILES string of the molecule is CNCCN(C)C(=O)CCCN(C)C1=NS(=O)(=O)c2ccccc21.Cl. The van der Waals surface area contributed by atoms with E-state index in [1.54, 1.807) is 48.2 Å². The molecule has 0 radical (unpaired) electrons. The van der Waals surface area contributed by atoms with Crippen LogP contribution in [0, 0.1) is 0 Å². The maximum atomic E-state index is 12.1. The molecule has 1 aliphatic heterocycles. The van der Waals surface area contributed by atoms with Crippen LogP contribution in [0.3, 0.4) is 0 Å². The summed E-state index contributed by atoms with van der Waals surface area (Å²) in [5.74, 6) is 0.529. The number of halogens is 1. The molecule has 1 N–H and O–H groups in total. The van der Waals surface area contributed by atoms with Crippen LogP contribution in [0.5, 0.6) is 0 Å². The summed E-state index contributed by atoms with van der Waals surface area (Å²) >= 11 is 0. The van der Waals surface area contributed by atoms with Crippen LogP contribution in [-0.4, -0.2) is 70.7 Å². The Labute approximate surface area is 155 Å². The van der Waals surface area contributed by atoms with Crippen molar-refractivity contribution in [3.05, 3.63) is 29.8 Å². The Morgan fingerprint density at radius 2 is 1.88 bits per heavy atom. The number of hydrogen-bond donors (Lipinski definition) is 1. The molecule has 0 aliphatic carbocycles. The monoisotopic (exact) mass is 388 g/mol. The van der Waals surface area contributed by atoms with Gasteiger partial charge in [0, 0.05) is 45.7 Å². The number of benzene rings is 1. The minimum atomic E-state index is -3.60. The summed E-state index contributed by atoms with van der Waals surface area (Å²) in [5, 5.41) is 3.01. The first-order valence-electron chi connectivity index (χ1n) is 7.91. The van der Waals surface area contributed by atoms with E-state index in [1.807, 2.05) is 7.05 Å². The van der Waals surface area contributed by atoms with Crippen LogP contribution in [0.1, 0.15) is 18.4 Å². The van der Waals surface area contributed by atoms with Gasteiger partial charge in [-0.05, 0) is 25.6 Å². The zero-order valence-electron chi connectivity index (χ0n) is 14.7. The van der Waals surface area contributed by atoms with Crippen LogP contribution in [0.2, 0.25) is 0 Å². The zero-order chi connectivity index (χ0) is 17.7. The van der Waals surface area contributed by atoms with Crippen LogP contribution < -0.4 is 5.32 Å². The van der Waals surface area contributed by atoms with Crippen molar-refractivity contribution in [2.24, 2.45) is 4.40 Å². The Bertz CT molecular complexity index is 737. The van der Waals surface area contributed by atoms with Gasteiger partial charge in [-0.3, -0.25) is 4.79 Å². The molecule has 0 fully saturated rings. The van der Waals surface area contributed by atoms with Gasteiger partial charge in [0.15, 0.2) is 0 Å². The fourth-order valence-corrected chi connectivity index (χ4v) is 3.78. The van der Waals surface area contributed by atoms with E-state index in [9.17, 15) is 13.2 Å². The first-order valence-corrected chi connectivity index (χ1v) is 9.35. The van der Waals surface area contributed by atoms with Crippen molar-refractivity contribution in [3.8, 4) is 0 Å². The maximum absolute atomic E-state index is 12.1. The molecule has 1 aromatic carbocycles. The van der Waals surface area contributed by atoms with E-state index in [2.05, 4.69) is 9.71 Å². The highest BCUT2D eigenvalue weighted by molar-refractivity contribution is 7.90. The number of likely N-dealkylation sites (N-methyl/N-ethyl adjacent to an activating group) is 2. The molecule has 0 unspecified atom stereocenters. The summed E-state index contributed by atoms with van der Waals surface area (Å²) in [5.41, 5.74) is 0.623. The average molecular weight is 389 g/mol. The topological polar surface area (TPSA) is 82.1 Å². The van der Waals surface area contributed by atoms with Gasteiger partial charge in [0.1, 0.15) is 10.7 Å². The normalized spacial score (nSPS) is 14.3. The molecule has 0 aromatic heterocycles. The van der Waals surface area contributed by atoms with Crippen molar-refractivity contribution >= 4 is 34.2 Å². The van der Waals surface area contributed by atoms with Crippen molar-refractivity contribution < 1.29 is 13.2 Å². The first kappa shape index (κ1) is 21.4. The van der Waals surface area contributed by atoms with Gasteiger partial charge in [0.05, 0.1) is 0 Å². The molecule has 0 saturated carbocycles. The Balaban J connectivity index is 0.00000312. The number of carbonyl (C=O) groups is 1. The lowest BCUT2D eigenvalue weighted by Crippen LogP contribution is -2.33. The van der Waals surface area contributed by atoms with Crippen molar-refractivity contribution in [2.45, 2.75) is 17.7 Å². The molecule has 25 heavy (non-hydrogen) atoms. The van der Waals surface area contributed by atoms with E-state index in [0.29, 0.717) is 37.3 Å². The molecule has 0 spiro atoms. The highest BCUT2D eigenvalue weighted by Crippen LogP contribution is 2.26. The summed E-state index contributed by atoms with van der Waals surface area (Å²) in [6.45, 7) is 1.99. The summed E-state index contributed by atoms with van der Waals surface area (Å²) < 4.78 is 28.0. The van der Waals surface area contributed by atoms with Gasteiger partial charge in [-0.1, -0.05) is 12.1 Å². The number of amidine groups is 1. The lowest BCUT2D eigenvalue weighted by atomic mass is 10.2. The molecule has 1 amide bonds. The molecule has 0 bridgehead atoms. The smallest absolute Gasteiger partial charge is 0.285 e. The van der Waals surface area contributed by atoms with E-state index in [4.69, 9.17) is 0 Å². The number of hydrogen-bond acceptors (Lipinski definition) is 5. The maximum Gasteiger partial charge on any atom is 0.285 e. The third-order valence-corrected chi connectivity index (χ3v) is 5.31. The number of nitrogens with one attached hydrogen (secondary N) is 1. The van der Waals surface area contributed by atoms with Gasteiger partial charge < -0.3 is 15.1 Å². The third kappa shape index (κ3) is 5.17. The number of carbonyl (C=O) groups excluding carboxylic acids is 1. The van der Waals surface area contributed by atoms with Crippen LogP contribution >= 0.6 is 12.4 Å². The van der Waals surface area contributed by atoms with Crippen LogP contribution in [-0.2, 0) is 14.8 Å². The largest absolute Gasteiger partial charge is 0.358 e. The number of rotatable bonds is 7. The second kappa shape index (κ2) is 9.17. The molecule has 7 nitrogen and oxygen atoms in total. The highest BCUT2D eigenvalue weighted by Gasteiger charge is 2.30. The van der Waals surface area contributed by atoms with E-state index in [0.717, 1.165) is 6.54 Å². The predicted molar refractivity (Wildman–Crippen MR) is 101 cm³/mol. The molecule has 1 heterocycles. The summed E-state index contributed by atoms with van der Waals surface area (Å²) in [6.07, 6.45) is 1.06. The van der Waals surface area contributed by atoms with Gasteiger partial charge in [-0.2, -0.15) is 8.42 Å². The number of nitrogens with zero attached hydrogens (tertiary/aromatic N) is 3. The third-order valence-electron chi connectivity index (χ3n) is 3.98. The highest BCUT2D eigenvalue weighted by atomic mass is 35.5. The molecule has 0 saturated heterocycles. The second-order valence-corrected chi connectivity index (χ2v) is 7.40. The molecule has 1 aliphatic rings. The minimum absolute atomic E-state index is 0. The molecular weight excluding hydrogens is 364 g/mol. The van der Waals surface area contributed by atoms with Gasteiger partial charge in [0.2, 0.25) is 5.91 Å². The Kier molecular flexibility index (Phi) is 7.85. The molecule has 0 atom stereocenters. The van der Waals surface area contributed by atoms with Crippen molar-refractivity contribution in [3.63, 3.8) is 0 Å². The van der Waals surface area contributed by atoms with E-state index in [-0.39, 0.29) is 23.2 Å². The molecule has 140 valence electrons. The number of fused-ring (bicyclic) bond motifs is 1. The molecule has 1 aromatic rings. The fraction of sp³-hybridized carbons (Fsp3) is 0.500. The number of amides is 1. The van der Waals surface area contributed by atoms with E-state index in [1.165, 1.54) is 0 Å². The summed E-state index contributed by atoms with van der Waals surface area (Å²) in [6, 6.07) is 6.80. The van der Waals surface area contributed by atoms with E-state index >= 15 is 0 Å². The lowest BCUT2D eigenvalue weighted by molar-refractivity contribution is -0.129. The van der Waals surface area contributed by atoms with Gasteiger partial charge in [-0.25, -0.2) is 0 Å². The molecule has 2 rings (SSSR count). The predicted octanol–water partition coefficient (Wildman–Crippen LogP) is 0.947. The summed E-state index contributed by atoms with van der Waals surface area (Å²) in [7, 11) is 1.83. The Morgan fingerprint density at radius 1 is 1.20 bits per heavy atom. The zero-order valence-corrected chi connectivity index (χ0v) is 16.4. The van der Waals surface area contributed by atoms with E-state index < -0.39 is 10.0 Å². The molecule has 9 heteroatoms. The van der Waals surface area contributed by atoms with Crippen molar-refractivity contribution in [2.75, 3.05) is 40.8 Å². The Morgan fingerprint density at radius 3 is 2.56 bits per heavy atom. The Hall–Kier alpha value is -1.64. The fourth-order valence-electron chi connectivity index (χ4n) is 2.53. The van der Waals surface area contributed by atoms with Gasteiger partial charge in [-0.15, -0.1) is 16.8 Å². The lowest BCUT2D eigenvalue weighted by Gasteiger charge is -2.20. The number of sulfonamides is 1. The first-order chi connectivity index (χ1) is 11.4. The second-order valence-electron chi connectivity index (χ2n) is 5.83. The molecular formula is C16H25ClN4O3S. The summed E-state index contributed by atoms with van der Waals surface area (Å²) in [4.78, 5) is 15.7.